The number of halogens is 1. The van der Waals surface area contributed by atoms with E-state index in [4.69, 9.17) is 0 Å². The van der Waals surface area contributed by atoms with Crippen molar-refractivity contribution in [2.75, 3.05) is 13.6 Å². The molecule has 0 aliphatic carbocycles. The van der Waals surface area contributed by atoms with Crippen LogP contribution in [0.15, 0.2) is 42.7 Å². The second-order valence-electron chi connectivity index (χ2n) is 5.39. The maximum atomic E-state index is 13.6. The number of H-pyrrole nitrogens is 1. The molecule has 0 bridgehead atoms. The van der Waals surface area contributed by atoms with Crippen LogP contribution in [0.5, 0.6) is 0 Å². The third kappa shape index (κ3) is 3.36. The lowest BCUT2D eigenvalue weighted by Gasteiger charge is -2.17. The summed E-state index contributed by atoms with van der Waals surface area (Å²) >= 11 is 0. The van der Waals surface area contributed by atoms with Crippen molar-refractivity contribution in [3.63, 3.8) is 0 Å². The smallest absolute Gasteiger partial charge is 0.256 e. The largest absolute Gasteiger partial charge is 0.342 e. The minimum absolute atomic E-state index is 0.0474. The zero-order valence-corrected chi connectivity index (χ0v) is 12.8. The number of hydrogen-bond donors (Lipinski definition) is 1. The second-order valence-corrected chi connectivity index (χ2v) is 5.39. The number of nitrogens with zero attached hydrogens (tertiary/aromatic N) is 3. The van der Waals surface area contributed by atoms with Crippen LogP contribution in [0.2, 0.25) is 0 Å². The number of aryl methyl sites for hydroxylation is 1. The lowest BCUT2D eigenvalue weighted by atomic mass is 10.2. The van der Waals surface area contributed by atoms with Crippen LogP contribution in [0.1, 0.15) is 22.6 Å². The van der Waals surface area contributed by atoms with Gasteiger partial charge in [0.25, 0.3) is 5.91 Å². The molecular weight excluding hydrogens is 295 g/mol. The van der Waals surface area contributed by atoms with Gasteiger partial charge in [-0.25, -0.2) is 9.37 Å². The van der Waals surface area contributed by atoms with E-state index in [-0.39, 0.29) is 11.5 Å². The van der Waals surface area contributed by atoms with Crippen molar-refractivity contribution in [1.82, 2.24) is 19.9 Å². The van der Waals surface area contributed by atoms with Gasteiger partial charge in [0.15, 0.2) is 5.82 Å². The van der Waals surface area contributed by atoms with Gasteiger partial charge >= 0.3 is 0 Å². The van der Waals surface area contributed by atoms with Crippen molar-refractivity contribution in [3.05, 3.63) is 59.9 Å². The average molecular weight is 312 g/mol. The Kier molecular flexibility index (Phi) is 4.32. The molecule has 3 aromatic rings. The molecule has 3 rings (SSSR count). The number of pyridine rings is 1. The van der Waals surface area contributed by atoms with E-state index in [1.807, 2.05) is 24.3 Å². The van der Waals surface area contributed by atoms with E-state index in [0.29, 0.717) is 6.54 Å². The van der Waals surface area contributed by atoms with Crippen molar-refractivity contribution < 1.29 is 9.18 Å². The fraction of sp³-hybridized carbons (Fsp3) is 0.235. The molecule has 6 heteroatoms. The topological polar surface area (TPSA) is 61.9 Å². The van der Waals surface area contributed by atoms with Gasteiger partial charge in [-0.05, 0) is 24.6 Å². The van der Waals surface area contributed by atoms with Gasteiger partial charge in [0.05, 0.1) is 22.8 Å². The summed E-state index contributed by atoms with van der Waals surface area (Å²) in [6.07, 6.45) is 3.94. The molecule has 0 fully saturated rings. The van der Waals surface area contributed by atoms with Gasteiger partial charge in [0, 0.05) is 26.2 Å². The molecule has 0 atom stereocenters. The standard InChI is InChI=1S/C17H17FN4O/c1-22(17(23)12-8-9-19-11-13(12)18)10-4-7-16-20-14-5-2-3-6-15(14)21-16/h2-3,5-6,8-9,11H,4,7,10H2,1H3,(H,20,21). The van der Waals surface area contributed by atoms with Gasteiger partial charge in [0.1, 0.15) is 5.82 Å². The summed E-state index contributed by atoms with van der Waals surface area (Å²) in [4.78, 5) is 25.1. The molecule has 0 unspecified atom stereocenters. The molecule has 1 N–H and O–H groups in total. The molecule has 118 valence electrons. The van der Waals surface area contributed by atoms with Crippen LogP contribution in [0.4, 0.5) is 4.39 Å². The number of nitrogens with one attached hydrogen (secondary N) is 1. The number of hydrogen-bond acceptors (Lipinski definition) is 3. The number of benzene rings is 1. The Morgan fingerprint density at radius 2 is 2.13 bits per heavy atom. The molecule has 1 aromatic carbocycles. The van der Waals surface area contributed by atoms with Crippen LogP contribution in [0, 0.1) is 5.82 Å². The lowest BCUT2D eigenvalue weighted by molar-refractivity contribution is 0.0788. The Morgan fingerprint density at radius 3 is 2.91 bits per heavy atom. The Bertz CT molecular complexity index is 797. The minimum Gasteiger partial charge on any atom is -0.342 e. The highest BCUT2D eigenvalue weighted by molar-refractivity contribution is 5.94. The first-order valence-corrected chi connectivity index (χ1v) is 7.44. The van der Waals surface area contributed by atoms with Gasteiger partial charge in [-0.2, -0.15) is 0 Å². The Labute approximate surface area is 133 Å². The average Bonchev–Trinajstić information content (AvgIpc) is 2.97. The van der Waals surface area contributed by atoms with E-state index in [2.05, 4.69) is 15.0 Å². The molecule has 0 radical (unpaired) electrons. The number of para-hydroxylation sites is 2. The number of carbonyl (C=O) groups is 1. The molecule has 0 saturated carbocycles. The van der Waals surface area contributed by atoms with Gasteiger partial charge < -0.3 is 9.88 Å². The zero-order chi connectivity index (χ0) is 16.2. The maximum absolute atomic E-state index is 13.6. The van der Waals surface area contributed by atoms with Gasteiger partial charge in [0.2, 0.25) is 0 Å². The SMILES string of the molecule is CN(CCCc1nc2ccccc2[nH]1)C(=O)c1ccncc1F. The van der Waals surface area contributed by atoms with Crippen LogP contribution in [-0.4, -0.2) is 39.4 Å². The summed E-state index contributed by atoms with van der Waals surface area (Å²) in [6, 6.07) is 9.24. The van der Waals surface area contributed by atoms with Gasteiger partial charge in [-0.15, -0.1) is 0 Å². The normalized spacial score (nSPS) is 10.9. The van der Waals surface area contributed by atoms with E-state index in [1.165, 1.54) is 17.2 Å². The molecule has 0 aliphatic heterocycles. The maximum Gasteiger partial charge on any atom is 0.256 e. The van der Waals surface area contributed by atoms with Gasteiger partial charge in [-0.3, -0.25) is 9.78 Å². The van der Waals surface area contributed by atoms with Crippen LogP contribution in [-0.2, 0) is 6.42 Å². The Balaban J connectivity index is 1.57. The quantitative estimate of drug-likeness (QED) is 0.788. The highest BCUT2D eigenvalue weighted by Gasteiger charge is 2.15. The van der Waals surface area contributed by atoms with Crippen LogP contribution < -0.4 is 0 Å². The number of amides is 1. The second kappa shape index (κ2) is 6.56. The number of carbonyl (C=O) groups excluding carboxylic acids is 1. The Morgan fingerprint density at radius 1 is 1.30 bits per heavy atom. The van der Waals surface area contributed by atoms with Crippen molar-refractivity contribution in [1.29, 1.82) is 0 Å². The van der Waals surface area contributed by atoms with Gasteiger partial charge in [-0.1, -0.05) is 12.1 Å². The third-order valence-electron chi connectivity index (χ3n) is 3.70. The summed E-state index contributed by atoms with van der Waals surface area (Å²) in [6.45, 7) is 0.525. The molecule has 2 aromatic heterocycles. The van der Waals surface area contributed by atoms with E-state index in [1.54, 1.807) is 7.05 Å². The lowest BCUT2D eigenvalue weighted by Crippen LogP contribution is -2.28. The fourth-order valence-electron chi connectivity index (χ4n) is 2.46. The number of aromatic nitrogens is 3. The number of imidazole rings is 1. The van der Waals surface area contributed by atoms with Crippen molar-refractivity contribution >= 4 is 16.9 Å². The van der Waals surface area contributed by atoms with E-state index >= 15 is 0 Å². The summed E-state index contributed by atoms with van der Waals surface area (Å²) in [7, 11) is 1.67. The zero-order valence-electron chi connectivity index (χ0n) is 12.8. The number of rotatable bonds is 5. The van der Waals surface area contributed by atoms with E-state index in [0.717, 1.165) is 35.9 Å². The molecule has 1 amide bonds. The number of aromatic amines is 1. The Hall–Kier alpha value is -2.76. The molecule has 2 heterocycles. The number of fused-ring (bicyclic) bond motifs is 1. The van der Waals surface area contributed by atoms with E-state index in [9.17, 15) is 9.18 Å². The fourth-order valence-corrected chi connectivity index (χ4v) is 2.46. The first kappa shape index (κ1) is 15.1. The highest BCUT2D eigenvalue weighted by atomic mass is 19.1. The summed E-state index contributed by atoms with van der Waals surface area (Å²) in [5.41, 5.74) is 1.99. The molecule has 0 saturated heterocycles. The van der Waals surface area contributed by atoms with E-state index < -0.39 is 5.82 Å². The molecule has 5 nitrogen and oxygen atoms in total. The van der Waals surface area contributed by atoms with Crippen LogP contribution >= 0.6 is 0 Å². The van der Waals surface area contributed by atoms with Crippen molar-refractivity contribution in [3.8, 4) is 0 Å². The van der Waals surface area contributed by atoms with Crippen LogP contribution in [0.3, 0.4) is 0 Å². The highest BCUT2D eigenvalue weighted by Crippen LogP contribution is 2.12. The summed E-state index contributed by atoms with van der Waals surface area (Å²) in [5, 5.41) is 0. The van der Waals surface area contributed by atoms with Crippen molar-refractivity contribution in [2.24, 2.45) is 0 Å². The summed E-state index contributed by atoms with van der Waals surface area (Å²) in [5.74, 6) is -0.0433. The molecule has 0 aliphatic rings. The molecule has 0 spiro atoms. The first-order chi connectivity index (χ1) is 11.1. The predicted octanol–water partition coefficient (Wildman–Crippen LogP) is 2.80. The predicted molar refractivity (Wildman–Crippen MR) is 85.6 cm³/mol. The molecule has 23 heavy (non-hydrogen) atoms. The van der Waals surface area contributed by atoms with Crippen molar-refractivity contribution in [2.45, 2.75) is 12.8 Å². The summed E-state index contributed by atoms with van der Waals surface area (Å²) < 4.78 is 13.6. The third-order valence-corrected chi connectivity index (χ3v) is 3.70. The van der Waals surface area contributed by atoms with Crippen LogP contribution in [0.25, 0.3) is 11.0 Å². The first-order valence-electron chi connectivity index (χ1n) is 7.44. The minimum atomic E-state index is -0.596. The molecular formula is C17H17FN4O. The monoisotopic (exact) mass is 312 g/mol.